The molecular weight excluding hydrogens is 234 g/mol. The quantitative estimate of drug-likeness (QED) is 0.436. The van der Waals surface area contributed by atoms with E-state index >= 15 is 0 Å². The average molecular weight is 257 g/mol. The predicted octanol–water partition coefficient (Wildman–Crippen LogP) is 1.73. The number of carbonyl (C=O) groups excluding carboxylic acids is 1. The molecule has 2 N–H and O–H groups in total. The number of amides is 1. The van der Waals surface area contributed by atoms with E-state index < -0.39 is 17.9 Å². The molecule has 0 aromatic heterocycles. The number of unbranched alkanes of at least 4 members (excludes halogenated alkanes) is 4. The van der Waals surface area contributed by atoms with Crippen LogP contribution in [0.15, 0.2) is 12.7 Å². The Hall–Kier alpha value is -1.36. The van der Waals surface area contributed by atoms with Crippen molar-refractivity contribution in [2.75, 3.05) is 13.7 Å². The second kappa shape index (κ2) is 10.8. The number of nitrogens with one attached hydrogen (secondary N) is 1. The topological polar surface area (TPSA) is 75.6 Å². The minimum atomic E-state index is -0.995. The standard InChI is InChI=1S/C13H23NO4/c1-3-4-5-6-7-8-9-11(13(16)17)14-12(15)10-18-2/h3,11H,1,4-10H2,2H3,(H,14,15)(H,16,17)/t11-/m1/s1. The Balaban J connectivity index is 3.80. The monoisotopic (exact) mass is 257 g/mol. The number of rotatable bonds is 11. The number of aliphatic carboxylic acids is 1. The molecule has 0 saturated carbocycles. The maximum Gasteiger partial charge on any atom is 0.326 e. The highest BCUT2D eigenvalue weighted by atomic mass is 16.5. The highest BCUT2D eigenvalue weighted by molar-refractivity contribution is 5.84. The molecule has 0 unspecified atom stereocenters. The summed E-state index contributed by atoms with van der Waals surface area (Å²) in [5.74, 6) is -1.39. The molecule has 0 aliphatic carbocycles. The van der Waals surface area contributed by atoms with Crippen molar-refractivity contribution in [2.24, 2.45) is 0 Å². The number of methoxy groups -OCH3 is 1. The third-order valence-corrected chi connectivity index (χ3v) is 2.56. The van der Waals surface area contributed by atoms with Crippen molar-refractivity contribution in [3.8, 4) is 0 Å². The van der Waals surface area contributed by atoms with E-state index in [4.69, 9.17) is 5.11 Å². The molecule has 0 saturated heterocycles. The Labute approximate surface area is 108 Å². The van der Waals surface area contributed by atoms with Crippen LogP contribution in [0.4, 0.5) is 0 Å². The van der Waals surface area contributed by atoms with Crippen LogP contribution in [-0.4, -0.2) is 36.7 Å². The molecule has 0 radical (unpaired) electrons. The first-order valence-corrected chi connectivity index (χ1v) is 6.23. The molecule has 0 aliphatic heterocycles. The molecule has 0 heterocycles. The van der Waals surface area contributed by atoms with Gasteiger partial charge in [-0.15, -0.1) is 6.58 Å². The SMILES string of the molecule is C=CCCCCCC[C@@H](NC(=O)COC)C(=O)O. The Kier molecular flexibility index (Phi) is 9.96. The van der Waals surface area contributed by atoms with E-state index in [1.54, 1.807) is 0 Å². The Morgan fingerprint density at radius 1 is 1.33 bits per heavy atom. The number of ether oxygens (including phenoxy) is 1. The van der Waals surface area contributed by atoms with E-state index in [0.717, 1.165) is 32.1 Å². The summed E-state index contributed by atoms with van der Waals surface area (Å²) >= 11 is 0. The van der Waals surface area contributed by atoms with Crippen LogP contribution in [0.5, 0.6) is 0 Å². The first-order valence-electron chi connectivity index (χ1n) is 6.23. The van der Waals surface area contributed by atoms with Crippen LogP contribution in [0.25, 0.3) is 0 Å². The van der Waals surface area contributed by atoms with Crippen molar-refractivity contribution in [2.45, 2.75) is 44.6 Å². The van der Waals surface area contributed by atoms with Gasteiger partial charge in [0.05, 0.1) is 0 Å². The number of carbonyl (C=O) groups is 2. The highest BCUT2D eigenvalue weighted by Gasteiger charge is 2.18. The first kappa shape index (κ1) is 16.6. The molecule has 0 fully saturated rings. The average Bonchev–Trinajstić information content (AvgIpc) is 2.32. The van der Waals surface area contributed by atoms with Crippen LogP contribution in [0.1, 0.15) is 38.5 Å². The summed E-state index contributed by atoms with van der Waals surface area (Å²) in [5.41, 5.74) is 0. The zero-order valence-electron chi connectivity index (χ0n) is 11.0. The van der Waals surface area contributed by atoms with Crippen molar-refractivity contribution in [1.29, 1.82) is 0 Å². The summed E-state index contributed by atoms with van der Waals surface area (Å²) in [5, 5.41) is 11.4. The largest absolute Gasteiger partial charge is 0.480 e. The van der Waals surface area contributed by atoms with Gasteiger partial charge in [0.15, 0.2) is 0 Å². The molecule has 1 atom stereocenters. The molecule has 0 aliphatic rings. The van der Waals surface area contributed by atoms with Crippen molar-refractivity contribution in [3.05, 3.63) is 12.7 Å². The second-order valence-corrected chi connectivity index (χ2v) is 4.17. The summed E-state index contributed by atoms with van der Waals surface area (Å²) < 4.78 is 4.64. The fourth-order valence-electron chi connectivity index (χ4n) is 1.62. The van der Waals surface area contributed by atoms with Gasteiger partial charge in [-0.2, -0.15) is 0 Å². The van der Waals surface area contributed by atoms with E-state index in [1.165, 1.54) is 7.11 Å². The van der Waals surface area contributed by atoms with Gasteiger partial charge in [0.2, 0.25) is 5.91 Å². The molecule has 0 aromatic carbocycles. The van der Waals surface area contributed by atoms with Crippen LogP contribution in [-0.2, 0) is 14.3 Å². The van der Waals surface area contributed by atoms with Crippen LogP contribution >= 0.6 is 0 Å². The summed E-state index contributed by atoms with van der Waals surface area (Å²) in [6, 6.07) is -0.813. The minimum Gasteiger partial charge on any atom is -0.480 e. The minimum absolute atomic E-state index is 0.108. The van der Waals surface area contributed by atoms with Gasteiger partial charge in [0, 0.05) is 7.11 Å². The van der Waals surface area contributed by atoms with Crippen molar-refractivity contribution >= 4 is 11.9 Å². The summed E-state index contributed by atoms with van der Waals surface area (Å²) in [7, 11) is 1.40. The van der Waals surface area contributed by atoms with Crippen LogP contribution in [0.3, 0.4) is 0 Å². The fraction of sp³-hybridized carbons (Fsp3) is 0.692. The molecule has 0 spiro atoms. The maximum absolute atomic E-state index is 11.2. The van der Waals surface area contributed by atoms with Gasteiger partial charge >= 0.3 is 5.97 Å². The third-order valence-electron chi connectivity index (χ3n) is 2.56. The normalized spacial score (nSPS) is 11.8. The van der Waals surface area contributed by atoms with E-state index in [0.29, 0.717) is 6.42 Å². The third kappa shape index (κ3) is 8.75. The molecule has 1 amide bonds. The van der Waals surface area contributed by atoms with Gasteiger partial charge in [0.1, 0.15) is 12.6 Å². The predicted molar refractivity (Wildman–Crippen MR) is 69.3 cm³/mol. The summed E-state index contributed by atoms with van der Waals surface area (Å²) in [6.07, 6.45) is 7.23. The summed E-state index contributed by atoms with van der Waals surface area (Å²) in [4.78, 5) is 22.2. The Morgan fingerprint density at radius 3 is 2.56 bits per heavy atom. The van der Waals surface area contributed by atoms with E-state index in [1.807, 2.05) is 6.08 Å². The van der Waals surface area contributed by atoms with Gasteiger partial charge < -0.3 is 15.2 Å². The highest BCUT2D eigenvalue weighted by Crippen LogP contribution is 2.08. The van der Waals surface area contributed by atoms with Gasteiger partial charge in [-0.3, -0.25) is 4.79 Å². The first-order chi connectivity index (χ1) is 8.61. The maximum atomic E-state index is 11.2. The molecule has 104 valence electrons. The number of hydrogen-bond acceptors (Lipinski definition) is 3. The lowest BCUT2D eigenvalue weighted by atomic mass is 10.1. The number of carboxylic acid groups (broad SMARTS) is 1. The zero-order valence-corrected chi connectivity index (χ0v) is 11.0. The summed E-state index contributed by atoms with van der Waals surface area (Å²) in [6.45, 7) is 3.53. The number of hydrogen-bond donors (Lipinski definition) is 2. The van der Waals surface area contributed by atoms with Crippen LogP contribution in [0.2, 0.25) is 0 Å². The lowest BCUT2D eigenvalue weighted by Gasteiger charge is -2.13. The molecule has 0 bridgehead atoms. The number of allylic oxidation sites excluding steroid dienone is 1. The lowest BCUT2D eigenvalue weighted by molar-refractivity contribution is -0.142. The fourth-order valence-corrected chi connectivity index (χ4v) is 1.62. The molecule has 0 aromatic rings. The van der Waals surface area contributed by atoms with Gasteiger partial charge in [0.25, 0.3) is 0 Å². The smallest absolute Gasteiger partial charge is 0.326 e. The Morgan fingerprint density at radius 2 is 2.00 bits per heavy atom. The van der Waals surface area contributed by atoms with E-state index in [-0.39, 0.29) is 6.61 Å². The van der Waals surface area contributed by atoms with E-state index in [2.05, 4.69) is 16.6 Å². The molecular formula is C13H23NO4. The van der Waals surface area contributed by atoms with Gasteiger partial charge in [-0.05, 0) is 19.3 Å². The van der Waals surface area contributed by atoms with Gasteiger partial charge in [-0.25, -0.2) is 4.79 Å². The molecule has 0 rings (SSSR count). The van der Waals surface area contributed by atoms with Crippen LogP contribution in [0, 0.1) is 0 Å². The zero-order chi connectivity index (χ0) is 13.8. The van der Waals surface area contributed by atoms with Crippen molar-refractivity contribution in [1.82, 2.24) is 5.32 Å². The van der Waals surface area contributed by atoms with E-state index in [9.17, 15) is 9.59 Å². The van der Waals surface area contributed by atoms with Gasteiger partial charge in [-0.1, -0.05) is 25.3 Å². The molecule has 5 heteroatoms. The van der Waals surface area contributed by atoms with Crippen molar-refractivity contribution in [3.63, 3.8) is 0 Å². The molecule has 18 heavy (non-hydrogen) atoms. The molecule has 5 nitrogen and oxygen atoms in total. The lowest BCUT2D eigenvalue weighted by Crippen LogP contribution is -2.42. The van der Waals surface area contributed by atoms with Crippen molar-refractivity contribution < 1.29 is 19.4 Å². The second-order valence-electron chi connectivity index (χ2n) is 4.17. The van der Waals surface area contributed by atoms with Crippen LogP contribution < -0.4 is 5.32 Å². The Bertz CT molecular complexity index is 266. The number of carboxylic acids is 1.